The topological polar surface area (TPSA) is 66.5 Å². The van der Waals surface area contributed by atoms with Crippen LogP contribution < -0.4 is 9.62 Å². The standard InChI is InChI=1S/C21H16Cl4N2O3S/c22-15-7-6-14(19(24)10-15)12-26-21(28)13-27(16-8-9-18(23)20(25)11-16)31(29,30)17-4-2-1-3-5-17/h1-11H,12-13H2,(H,26,28). The Balaban J connectivity index is 1.87. The number of anilines is 1. The van der Waals surface area contributed by atoms with E-state index in [0.717, 1.165) is 4.31 Å². The molecule has 3 aromatic rings. The molecule has 3 aromatic carbocycles. The van der Waals surface area contributed by atoms with Crippen molar-refractivity contribution in [1.29, 1.82) is 0 Å². The van der Waals surface area contributed by atoms with E-state index in [2.05, 4.69) is 5.32 Å². The van der Waals surface area contributed by atoms with E-state index >= 15 is 0 Å². The van der Waals surface area contributed by atoms with Crippen LogP contribution in [0.25, 0.3) is 0 Å². The molecule has 0 aliphatic rings. The summed E-state index contributed by atoms with van der Waals surface area (Å²) in [5.41, 5.74) is 0.851. The number of benzene rings is 3. The van der Waals surface area contributed by atoms with E-state index in [1.165, 1.54) is 30.3 Å². The molecule has 3 rings (SSSR count). The van der Waals surface area contributed by atoms with Gasteiger partial charge in [0, 0.05) is 16.6 Å². The van der Waals surface area contributed by atoms with Crippen molar-refractivity contribution in [1.82, 2.24) is 5.32 Å². The van der Waals surface area contributed by atoms with Crippen LogP contribution in [0.15, 0.2) is 71.6 Å². The molecule has 0 saturated heterocycles. The maximum Gasteiger partial charge on any atom is 0.264 e. The first-order valence-corrected chi connectivity index (χ1v) is 11.9. The minimum atomic E-state index is -4.05. The lowest BCUT2D eigenvalue weighted by molar-refractivity contribution is -0.119. The fourth-order valence-corrected chi connectivity index (χ4v) is 4.92. The van der Waals surface area contributed by atoms with E-state index in [1.54, 1.807) is 36.4 Å². The number of carbonyl (C=O) groups is 1. The highest BCUT2D eigenvalue weighted by Gasteiger charge is 2.27. The highest BCUT2D eigenvalue weighted by molar-refractivity contribution is 7.92. The molecule has 162 valence electrons. The molecule has 10 heteroatoms. The van der Waals surface area contributed by atoms with Gasteiger partial charge in [-0.25, -0.2) is 8.42 Å². The molecule has 1 amide bonds. The number of amides is 1. The van der Waals surface area contributed by atoms with Crippen LogP contribution in [0.2, 0.25) is 20.1 Å². The second-order valence-corrected chi connectivity index (χ2v) is 9.96. The summed E-state index contributed by atoms with van der Waals surface area (Å²) in [7, 11) is -4.05. The smallest absolute Gasteiger partial charge is 0.264 e. The highest BCUT2D eigenvalue weighted by Crippen LogP contribution is 2.30. The number of hydrogen-bond acceptors (Lipinski definition) is 3. The number of rotatable bonds is 7. The van der Waals surface area contributed by atoms with Gasteiger partial charge in [0.25, 0.3) is 10.0 Å². The van der Waals surface area contributed by atoms with Gasteiger partial charge in [0.05, 0.1) is 20.6 Å². The van der Waals surface area contributed by atoms with E-state index in [9.17, 15) is 13.2 Å². The van der Waals surface area contributed by atoms with Crippen molar-refractivity contribution in [3.05, 3.63) is 92.4 Å². The Morgan fingerprint density at radius 1 is 0.839 bits per heavy atom. The Morgan fingerprint density at radius 2 is 1.55 bits per heavy atom. The van der Waals surface area contributed by atoms with Crippen molar-refractivity contribution >= 4 is 68.0 Å². The third-order valence-corrected chi connectivity index (χ3v) is 7.41. The predicted octanol–water partition coefficient (Wildman–Crippen LogP) is 5.81. The molecular weight excluding hydrogens is 502 g/mol. The second-order valence-electron chi connectivity index (χ2n) is 6.44. The molecule has 5 nitrogen and oxygen atoms in total. The molecule has 0 unspecified atom stereocenters. The number of carbonyl (C=O) groups excluding carboxylic acids is 1. The van der Waals surface area contributed by atoms with E-state index < -0.39 is 22.5 Å². The first-order chi connectivity index (χ1) is 14.7. The van der Waals surface area contributed by atoms with Crippen LogP contribution in [0.5, 0.6) is 0 Å². The maximum absolute atomic E-state index is 13.3. The fraction of sp³-hybridized carbons (Fsp3) is 0.0952. The molecule has 0 fully saturated rings. The van der Waals surface area contributed by atoms with Gasteiger partial charge in [0.1, 0.15) is 6.54 Å². The van der Waals surface area contributed by atoms with E-state index in [0.29, 0.717) is 15.6 Å². The summed E-state index contributed by atoms with van der Waals surface area (Å²) in [5, 5.41) is 3.98. The zero-order chi connectivity index (χ0) is 22.6. The number of sulfonamides is 1. The monoisotopic (exact) mass is 516 g/mol. The summed E-state index contributed by atoms with van der Waals surface area (Å²) in [4.78, 5) is 12.7. The molecule has 0 spiro atoms. The lowest BCUT2D eigenvalue weighted by Gasteiger charge is -2.24. The predicted molar refractivity (Wildman–Crippen MR) is 126 cm³/mol. The minimum Gasteiger partial charge on any atom is -0.350 e. The fourth-order valence-electron chi connectivity index (χ4n) is 2.72. The molecule has 0 bridgehead atoms. The Morgan fingerprint density at radius 3 is 2.19 bits per heavy atom. The molecule has 0 atom stereocenters. The number of halogens is 4. The third-order valence-electron chi connectivity index (χ3n) is 4.30. The minimum absolute atomic E-state index is 0.0367. The van der Waals surface area contributed by atoms with Crippen LogP contribution >= 0.6 is 46.4 Å². The molecule has 0 aliphatic carbocycles. The summed E-state index contributed by atoms with van der Waals surface area (Å²) < 4.78 is 27.5. The lowest BCUT2D eigenvalue weighted by Crippen LogP contribution is -2.40. The molecule has 0 aromatic heterocycles. The van der Waals surface area contributed by atoms with Crippen molar-refractivity contribution in [3.8, 4) is 0 Å². The zero-order valence-electron chi connectivity index (χ0n) is 15.9. The van der Waals surface area contributed by atoms with Gasteiger partial charge in [0.15, 0.2) is 0 Å². The van der Waals surface area contributed by atoms with Crippen LogP contribution in [0, 0.1) is 0 Å². The van der Waals surface area contributed by atoms with E-state index in [-0.39, 0.29) is 27.2 Å². The quantitative estimate of drug-likeness (QED) is 0.430. The first-order valence-electron chi connectivity index (χ1n) is 8.92. The molecule has 0 heterocycles. The summed E-state index contributed by atoms with van der Waals surface area (Å²) in [6, 6.07) is 17.0. The van der Waals surface area contributed by atoms with Gasteiger partial charge in [-0.3, -0.25) is 9.10 Å². The van der Waals surface area contributed by atoms with Gasteiger partial charge < -0.3 is 5.32 Å². The largest absolute Gasteiger partial charge is 0.350 e. The molecule has 0 saturated carbocycles. The molecular formula is C21H16Cl4N2O3S. The number of nitrogens with one attached hydrogen (secondary N) is 1. The summed E-state index contributed by atoms with van der Waals surface area (Å²) in [6.07, 6.45) is 0. The van der Waals surface area contributed by atoms with Crippen molar-refractivity contribution in [2.24, 2.45) is 0 Å². The van der Waals surface area contributed by atoms with Gasteiger partial charge in [-0.15, -0.1) is 0 Å². The molecule has 31 heavy (non-hydrogen) atoms. The third kappa shape index (κ3) is 5.84. The van der Waals surface area contributed by atoms with Crippen LogP contribution in [0.4, 0.5) is 5.69 Å². The van der Waals surface area contributed by atoms with Gasteiger partial charge in [-0.2, -0.15) is 0 Å². The zero-order valence-corrected chi connectivity index (χ0v) is 19.7. The summed E-state index contributed by atoms with van der Waals surface area (Å²) >= 11 is 24.1. The van der Waals surface area contributed by atoms with Crippen LogP contribution in [-0.2, 0) is 21.4 Å². The number of nitrogens with zero attached hydrogens (tertiary/aromatic N) is 1. The van der Waals surface area contributed by atoms with Crippen LogP contribution in [0.1, 0.15) is 5.56 Å². The van der Waals surface area contributed by atoms with Gasteiger partial charge in [0.2, 0.25) is 5.91 Å². The van der Waals surface area contributed by atoms with Crippen molar-refractivity contribution in [2.45, 2.75) is 11.4 Å². The normalized spacial score (nSPS) is 11.2. The van der Waals surface area contributed by atoms with Crippen molar-refractivity contribution < 1.29 is 13.2 Å². The Kier molecular flexibility index (Phi) is 7.73. The van der Waals surface area contributed by atoms with Gasteiger partial charge >= 0.3 is 0 Å². The molecule has 0 aliphatic heterocycles. The van der Waals surface area contributed by atoms with Crippen LogP contribution in [0.3, 0.4) is 0 Å². The first kappa shape index (κ1) is 23.7. The van der Waals surface area contributed by atoms with Crippen molar-refractivity contribution in [3.63, 3.8) is 0 Å². The summed E-state index contributed by atoms with van der Waals surface area (Å²) in [6.45, 7) is -0.365. The van der Waals surface area contributed by atoms with Gasteiger partial charge in [-0.1, -0.05) is 70.7 Å². The average molecular weight is 518 g/mol. The number of hydrogen-bond donors (Lipinski definition) is 1. The van der Waals surface area contributed by atoms with Gasteiger partial charge in [-0.05, 0) is 48.0 Å². The van der Waals surface area contributed by atoms with Crippen LogP contribution in [-0.4, -0.2) is 20.9 Å². The maximum atomic E-state index is 13.3. The Labute approximate surface area is 200 Å². The SMILES string of the molecule is O=C(CN(c1ccc(Cl)c(Cl)c1)S(=O)(=O)c1ccccc1)NCc1ccc(Cl)cc1Cl. The summed E-state index contributed by atoms with van der Waals surface area (Å²) in [5.74, 6) is -0.531. The molecule has 1 N–H and O–H groups in total. The second kappa shape index (κ2) is 10.1. The van der Waals surface area contributed by atoms with E-state index in [4.69, 9.17) is 46.4 Å². The van der Waals surface area contributed by atoms with E-state index in [1.807, 2.05) is 0 Å². The van der Waals surface area contributed by atoms with Crippen molar-refractivity contribution in [2.75, 3.05) is 10.8 Å². The Hall–Kier alpha value is -1.96. The Bertz CT molecular complexity index is 1200. The molecule has 0 radical (unpaired) electrons. The average Bonchev–Trinajstić information content (AvgIpc) is 2.74. The lowest BCUT2D eigenvalue weighted by atomic mass is 10.2. The highest BCUT2D eigenvalue weighted by atomic mass is 35.5.